The van der Waals surface area contributed by atoms with Crippen LogP contribution < -0.4 is 0 Å². The Morgan fingerprint density at radius 1 is 1.37 bits per heavy atom. The second-order valence-electron chi connectivity index (χ2n) is 4.02. The third kappa shape index (κ3) is 2.43. The first-order valence-electron chi connectivity index (χ1n) is 5.62. The second kappa shape index (κ2) is 4.60. The number of rotatable bonds is 2. The first kappa shape index (κ1) is 13.5. The minimum absolute atomic E-state index is 0.0216. The van der Waals surface area contributed by atoms with E-state index in [2.05, 4.69) is 4.74 Å². The van der Waals surface area contributed by atoms with Crippen LogP contribution in [-0.4, -0.2) is 12.6 Å². The quantitative estimate of drug-likeness (QED) is 0.777. The molecule has 0 aliphatic rings. The molecule has 3 nitrogen and oxygen atoms in total. The van der Waals surface area contributed by atoms with Crippen molar-refractivity contribution in [1.82, 2.24) is 0 Å². The van der Waals surface area contributed by atoms with Gasteiger partial charge in [-0.05, 0) is 25.5 Å². The van der Waals surface area contributed by atoms with Gasteiger partial charge in [0.2, 0.25) is 5.76 Å². The Kier molecular flexibility index (Phi) is 3.26. The van der Waals surface area contributed by atoms with Gasteiger partial charge in [-0.15, -0.1) is 0 Å². The Balaban J connectivity index is 2.71. The van der Waals surface area contributed by atoms with E-state index in [4.69, 9.17) is 4.42 Å². The smallest absolute Gasteiger partial charge is 0.420 e. The summed E-state index contributed by atoms with van der Waals surface area (Å²) in [4.78, 5) is 11.6. The number of hydrogen-bond acceptors (Lipinski definition) is 3. The SMILES string of the molecule is CCOC(=O)c1oc2cc(C)ccc2c1C(F)(F)F. The van der Waals surface area contributed by atoms with Crippen LogP contribution >= 0.6 is 0 Å². The highest BCUT2D eigenvalue weighted by atomic mass is 19.4. The third-order valence-electron chi connectivity index (χ3n) is 2.59. The van der Waals surface area contributed by atoms with Gasteiger partial charge in [0, 0.05) is 5.39 Å². The van der Waals surface area contributed by atoms with E-state index in [1.165, 1.54) is 25.1 Å². The number of hydrogen-bond donors (Lipinski definition) is 0. The highest BCUT2D eigenvalue weighted by molar-refractivity contribution is 5.96. The van der Waals surface area contributed by atoms with Crippen LogP contribution in [0.15, 0.2) is 22.6 Å². The number of esters is 1. The van der Waals surface area contributed by atoms with Gasteiger partial charge in [-0.3, -0.25) is 0 Å². The van der Waals surface area contributed by atoms with E-state index in [0.29, 0.717) is 0 Å². The van der Waals surface area contributed by atoms with Crippen molar-refractivity contribution in [1.29, 1.82) is 0 Å². The highest BCUT2D eigenvalue weighted by Gasteiger charge is 2.41. The average Bonchev–Trinajstić information content (AvgIpc) is 2.67. The van der Waals surface area contributed by atoms with Gasteiger partial charge in [0.1, 0.15) is 11.1 Å². The molecular weight excluding hydrogens is 261 g/mol. The van der Waals surface area contributed by atoms with E-state index in [1.54, 1.807) is 6.92 Å². The number of aryl methyl sites for hydroxylation is 1. The fourth-order valence-electron chi connectivity index (χ4n) is 1.83. The van der Waals surface area contributed by atoms with Crippen molar-refractivity contribution >= 4 is 16.9 Å². The summed E-state index contributed by atoms with van der Waals surface area (Å²) in [6, 6.07) is 4.27. The zero-order chi connectivity index (χ0) is 14.2. The van der Waals surface area contributed by atoms with E-state index in [0.717, 1.165) is 5.56 Å². The maximum absolute atomic E-state index is 13.0. The van der Waals surface area contributed by atoms with Crippen molar-refractivity contribution < 1.29 is 27.1 Å². The van der Waals surface area contributed by atoms with Crippen LogP contribution in [0.25, 0.3) is 11.0 Å². The molecule has 2 aromatic rings. The van der Waals surface area contributed by atoms with Crippen LogP contribution in [0.1, 0.15) is 28.6 Å². The maximum atomic E-state index is 13.0. The van der Waals surface area contributed by atoms with Gasteiger partial charge < -0.3 is 9.15 Å². The summed E-state index contributed by atoms with van der Waals surface area (Å²) < 4.78 is 48.8. The first-order valence-corrected chi connectivity index (χ1v) is 5.62. The minimum atomic E-state index is -4.68. The summed E-state index contributed by atoms with van der Waals surface area (Å²) >= 11 is 0. The predicted octanol–water partition coefficient (Wildman–Crippen LogP) is 3.94. The zero-order valence-electron chi connectivity index (χ0n) is 10.3. The summed E-state index contributed by atoms with van der Waals surface area (Å²) in [6.07, 6.45) is -4.68. The van der Waals surface area contributed by atoms with Crippen molar-refractivity contribution in [3.05, 3.63) is 35.1 Å². The fraction of sp³-hybridized carbons (Fsp3) is 0.308. The van der Waals surface area contributed by atoms with Gasteiger partial charge in [0.05, 0.1) is 6.61 Å². The molecule has 0 saturated heterocycles. The number of carbonyl (C=O) groups is 1. The third-order valence-corrected chi connectivity index (χ3v) is 2.59. The normalized spacial score (nSPS) is 11.8. The molecule has 1 aromatic heterocycles. The molecule has 19 heavy (non-hydrogen) atoms. The predicted molar refractivity (Wildman–Crippen MR) is 61.9 cm³/mol. The molecule has 1 aromatic carbocycles. The molecule has 0 radical (unpaired) electrons. The van der Waals surface area contributed by atoms with Gasteiger partial charge in [0.25, 0.3) is 0 Å². The number of benzene rings is 1. The Labute approximate surface area is 107 Å². The molecule has 0 fully saturated rings. The number of halogens is 3. The van der Waals surface area contributed by atoms with Crippen molar-refractivity contribution in [2.75, 3.05) is 6.61 Å². The van der Waals surface area contributed by atoms with E-state index in [9.17, 15) is 18.0 Å². The van der Waals surface area contributed by atoms with Crippen LogP contribution in [0, 0.1) is 6.92 Å². The number of alkyl halides is 3. The Morgan fingerprint density at radius 2 is 2.05 bits per heavy atom. The first-order chi connectivity index (χ1) is 8.84. The molecule has 0 spiro atoms. The minimum Gasteiger partial charge on any atom is -0.460 e. The van der Waals surface area contributed by atoms with Gasteiger partial charge >= 0.3 is 12.1 Å². The number of fused-ring (bicyclic) bond motifs is 1. The molecule has 0 atom stereocenters. The number of furan rings is 1. The van der Waals surface area contributed by atoms with E-state index >= 15 is 0 Å². The molecule has 0 unspecified atom stereocenters. The van der Waals surface area contributed by atoms with Gasteiger partial charge in [-0.25, -0.2) is 4.79 Å². The summed E-state index contributed by atoms with van der Waals surface area (Å²) in [5.74, 6) is -1.90. The largest absolute Gasteiger partial charge is 0.460 e. The molecule has 1 heterocycles. The van der Waals surface area contributed by atoms with Crippen LogP contribution in [0.4, 0.5) is 13.2 Å². The van der Waals surface area contributed by atoms with Crippen LogP contribution in [0.2, 0.25) is 0 Å². The maximum Gasteiger partial charge on any atom is 0.420 e. The second-order valence-corrected chi connectivity index (χ2v) is 4.02. The van der Waals surface area contributed by atoms with Crippen molar-refractivity contribution in [2.45, 2.75) is 20.0 Å². The molecule has 0 aliphatic heterocycles. The molecule has 2 rings (SSSR count). The summed E-state index contributed by atoms with van der Waals surface area (Å²) in [5, 5.41) is -0.138. The Morgan fingerprint density at radius 3 is 2.63 bits per heavy atom. The highest BCUT2D eigenvalue weighted by Crippen LogP contribution is 2.39. The molecule has 0 bridgehead atoms. The van der Waals surface area contributed by atoms with Gasteiger partial charge in [0.15, 0.2) is 0 Å². The van der Waals surface area contributed by atoms with Gasteiger partial charge in [-0.2, -0.15) is 13.2 Å². The lowest BCUT2D eigenvalue weighted by Crippen LogP contribution is -2.13. The average molecular weight is 272 g/mol. The molecule has 0 N–H and O–H groups in total. The van der Waals surface area contributed by atoms with Crippen molar-refractivity contribution in [3.63, 3.8) is 0 Å². The lowest BCUT2D eigenvalue weighted by molar-refractivity contribution is -0.137. The molecule has 102 valence electrons. The fourth-order valence-corrected chi connectivity index (χ4v) is 1.83. The monoisotopic (exact) mass is 272 g/mol. The van der Waals surface area contributed by atoms with Crippen LogP contribution in [-0.2, 0) is 10.9 Å². The van der Waals surface area contributed by atoms with Crippen LogP contribution in [0.3, 0.4) is 0 Å². The molecule has 0 amide bonds. The zero-order valence-corrected chi connectivity index (χ0v) is 10.3. The Hall–Kier alpha value is -1.98. The van der Waals surface area contributed by atoms with E-state index in [1.807, 2.05) is 0 Å². The number of ether oxygens (including phenoxy) is 1. The summed E-state index contributed by atoms with van der Waals surface area (Å²) in [7, 11) is 0. The molecule has 0 aliphatic carbocycles. The Bertz CT molecular complexity index is 626. The summed E-state index contributed by atoms with van der Waals surface area (Å²) in [5.41, 5.74) is -0.318. The molecule has 6 heteroatoms. The van der Waals surface area contributed by atoms with Crippen molar-refractivity contribution in [3.8, 4) is 0 Å². The molecule has 0 saturated carbocycles. The lowest BCUT2D eigenvalue weighted by atomic mass is 10.1. The van der Waals surface area contributed by atoms with Crippen molar-refractivity contribution in [2.24, 2.45) is 0 Å². The lowest BCUT2D eigenvalue weighted by Gasteiger charge is -2.06. The molecular formula is C13H11F3O3. The topological polar surface area (TPSA) is 39.4 Å². The standard InChI is InChI=1S/C13H11F3O3/c1-3-18-12(17)11-10(13(14,15)16)8-5-4-7(2)6-9(8)19-11/h4-6H,3H2,1-2H3. The van der Waals surface area contributed by atoms with Crippen LogP contribution in [0.5, 0.6) is 0 Å². The van der Waals surface area contributed by atoms with E-state index < -0.39 is 23.5 Å². The van der Waals surface area contributed by atoms with E-state index in [-0.39, 0.29) is 17.6 Å². The number of carbonyl (C=O) groups excluding carboxylic acids is 1. The van der Waals surface area contributed by atoms with Gasteiger partial charge in [-0.1, -0.05) is 12.1 Å². The summed E-state index contributed by atoms with van der Waals surface area (Å²) in [6.45, 7) is 3.21.